The monoisotopic (exact) mass is 249 g/mol. The normalized spacial score (nSPS) is 10.7. The molecule has 1 rings (SSSR count). The van der Waals surface area contributed by atoms with Gasteiger partial charge >= 0.3 is 0 Å². The number of thiazole rings is 1. The van der Waals surface area contributed by atoms with E-state index in [1.807, 2.05) is 26.2 Å². The molecule has 0 aliphatic heterocycles. The van der Waals surface area contributed by atoms with Gasteiger partial charge in [0.15, 0.2) is 5.13 Å². The Bertz CT molecular complexity index is 338. The minimum absolute atomic E-state index is 0. The fourth-order valence-corrected chi connectivity index (χ4v) is 1.45. The van der Waals surface area contributed by atoms with Crippen LogP contribution in [-0.2, 0) is 4.79 Å². The summed E-state index contributed by atoms with van der Waals surface area (Å²) in [5.74, 6) is -0.0886. The molecule has 1 amide bonds. The average molecular weight is 250 g/mol. The first-order valence-electron chi connectivity index (χ1n) is 4.39. The average Bonchev–Trinajstić information content (AvgIpc) is 2.51. The fraction of sp³-hybridized carbons (Fsp3) is 0.556. The lowest BCUT2D eigenvalue weighted by molar-refractivity contribution is -0.123. The van der Waals surface area contributed by atoms with Crippen LogP contribution >= 0.6 is 23.7 Å². The molecular weight excluding hydrogens is 234 g/mol. The molecule has 0 bridgehead atoms. The number of carbonyl (C=O) groups is 1. The van der Waals surface area contributed by atoms with E-state index in [4.69, 9.17) is 5.73 Å². The number of rotatable bonds is 3. The zero-order valence-electron chi connectivity index (χ0n) is 9.03. The molecule has 1 aromatic heterocycles. The van der Waals surface area contributed by atoms with Gasteiger partial charge in [0, 0.05) is 11.9 Å². The Balaban J connectivity index is 0.00000196. The van der Waals surface area contributed by atoms with Gasteiger partial charge in [-0.05, 0) is 20.8 Å². The van der Waals surface area contributed by atoms with Crippen molar-refractivity contribution >= 4 is 34.8 Å². The number of nitrogens with two attached hydrogens (primary N) is 1. The summed E-state index contributed by atoms with van der Waals surface area (Å²) in [6.07, 6.45) is 0. The van der Waals surface area contributed by atoms with E-state index in [2.05, 4.69) is 10.3 Å². The molecule has 0 radical (unpaired) electrons. The number of anilines is 1. The van der Waals surface area contributed by atoms with Crippen LogP contribution in [0.3, 0.4) is 0 Å². The molecule has 0 fully saturated rings. The van der Waals surface area contributed by atoms with Gasteiger partial charge in [0.2, 0.25) is 5.91 Å². The summed E-state index contributed by atoms with van der Waals surface area (Å²) in [4.78, 5) is 15.8. The van der Waals surface area contributed by atoms with E-state index >= 15 is 0 Å². The molecule has 0 aromatic carbocycles. The number of hydrogen-bond acceptors (Lipinski definition) is 4. The Labute approximate surface area is 99.7 Å². The second-order valence-electron chi connectivity index (χ2n) is 3.84. The summed E-state index contributed by atoms with van der Waals surface area (Å²) in [5.41, 5.74) is 5.86. The summed E-state index contributed by atoms with van der Waals surface area (Å²) in [6, 6.07) is 0. The largest absolute Gasteiger partial charge is 0.329 e. The van der Waals surface area contributed by atoms with Gasteiger partial charge in [0.1, 0.15) is 0 Å². The predicted octanol–water partition coefficient (Wildman–Crippen LogP) is 1.80. The third-order valence-electron chi connectivity index (χ3n) is 1.96. The third-order valence-corrected chi connectivity index (χ3v) is 2.84. The Morgan fingerprint density at radius 3 is 2.67 bits per heavy atom. The van der Waals surface area contributed by atoms with Gasteiger partial charge in [-0.1, -0.05) is 0 Å². The Morgan fingerprint density at radius 1 is 1.67 bits per heavy atom. The zero-order chi connectivity index (χ0) is 10.8. The molecule has 0 spiro atoms. The lowest BCUT2D eigenvalue weighted by atomic mass is 9.93. The fourth-order valence-electron chi connectivity index (χ4n) is 0.770. The highest BCUT2D eigenvalue weighted by Crippen LogP contribution is 2.19. The first-order chi connectivity index (χ1) is 6.45. The highest BCUT2D eigenvalue weighted by molar-refractivity contribution is 7.13. The Kier molecular flexibility index (Phi) is 5.20. The topological polar surface area (TPSA) is 68.0 Å². The van der Waals surface area contributed by atoms with Crippen LogP contribution in [-0.4, -0.2) is 17.4 Å². The SMILES string of the molecule is Cc1csc(NC(=O)C(C)(C)CN)n1.Cl. The molecule has 15 heavy (non-hydrogen) atoms. The standard InChI is InChI=1S/C9H15N3OS.ClH/c1-6-4-14-8(11-6)12-7(13)9(2,3)5-10;/h4H,5,10H2,1-3H3,(H,11,12,13);1H. The summed E-state index contributed by atoms with van der Waals surface area (Å²) in [6.45, 7) is 5.83. The molecule has 1 aromatic rings. The molecule has 4 nitrogen and oxygen atoms in total. The molecule has 0 saturated carbocycles. The summed E-state index contributed by atoms with van der Waals surface area (Å²) >= 11 is 1.42. The second-order valence-corrected chi connectivity index (χ2v) is 4.69. The number of aryl methyl sites for hydroxylation is 1. The van der Waals surface area contributed by atoms with Gasteiger partial charge in [0.25, 0.3) is 0 Å². The quantitative estimate of drug-likeness (QED) is 0.858. The smallest absolute Gasteiger partial charge is 0.233 e. The van der Waals surface area contributed by atoms with Crippen LogP contribution < -0.4 is 11.1 Å². The minimum atomic E-state index is -0.542. The third kappa shape index (κ3) is 3.77. The van der Waals surface area contributed by atoms with Crippen molar-refractivity contribution in [3.05, 3.63) is 11.1 Å². The van der Waals surface area contributed by atoms with Crippen molar-refractivity contribution in [1.29, 1.82) is 0 Å². The van der Waals surface area contributed by atoms with E-state index in [0.717, 1.165) is 5.69 Å². The van der Waals surface area contributed by atoms with Crippen LogP contribution in [0.1, 0.15) is 19.5 Å². The van der Waals surface area contributed by atoms with Crippen molar-refractivity contribution < 1.29 is 4.79 Å². The number of halogens is 1. The van der Waals surface area contributed by atoms with Gasteiger partial charge in [0.05, 0.1) is 11.1 Å². The van der Waals surface area contributed by atoms with Gasteiger partial charge in [-0.2, -0.15) is 0 Å². The highest BCUT2D eigenvalue weighted by atomic mass is 35.5. The summed E-state index contributed by atoms with van der Waals surface area (Å²) in [7, 11) is 0. The van der Waals surface area contributed by atoms with E-state index < -0.39 is 5.41 Å². The number of hydrogen-bond donors (Lipinski definition) is 2. The molecule has 3 N–H and O–H groups in total. The lowest BCUT2D eigenvalue weighted by Crippen LogP contribution is -2.37. The maximum Gasteiger partial charge on any atom is 0.233 e. The molecule has 86 valence electrons. The van der Waals surface area contributed by atoms with Gasteiger partial charge in [-0.15, -0.1) is 23.7 Å². The Hall–Kier alpha value is -0.650. The number of nitrogens with zero attached hydrogens (tertiary/aromatic N) is 1. The molecule has 0 unspecified atom stereocenters. The maximum atomic E-state index is 11.7. The van der Waals surface area contributed by atoms with Crippen molar-refractivity contribution in [1.82, 2.24) is 4.98 Å². The number of amides is 1. The molecular formula is C9H16ClN3OS. The van der Waals surface area contributed by atoms with E-state index in [9.17, 15) is 4.79 Å². The molecule has 6 heteroatoms. The molecule has 0 atom stereocenters. The summed E-state index contributed by atoms with van der Waals surface area (Å²) < 4.78 is 0. The summed E-state index contributed by atoms with van der Waals surface area (Å²) in [5, 5.41) is 5.27. The van der Waals surface area contributed by atoms with Crippen molar-refractivity contribution in [2.24, 2.45) is 11.1 Å². The van der Waals surface area contributed by atoms with E-state index in [1.165, 1.54) is 11.3 Å². The minimum Gasteiger partial charge on any atom is -0.329 e. The second kappa shape index (κ2) is 5.44. The number of nitrogens with one attached hydrogen (secondary N) is 1. The van der Waals surface area contributed by atoms with Crippen molar-refractivity contribution in [3.63, 3.8) is 0 Å². The molecule has 0 aliphatic rings. The molecule has 1 heterocycles. The van der Waals surface area contributed by atoms with Gasteiger partial charge < -0.3 is 11.1 Å². The van der Waals surface area contributed by atoms with Crippen LogP contribution in [0.2, 0.25) is 0 Å². The zero-order valence-corrected chi connectivity index (χ0v) is 10.7. The maximum absolute atomic E-state index is 11.7. The molecule has 0 saturated heterocycles. The first-order valence-corrected chi connectivity index (χ1v) is 5.27. The molecule has 0 aliphatic carbocycles. The highest BCUT2D eigenvalue weighted by Gasteiger charge is 2.26. The van der Waals surface area contributed by atoms with E-state index in [-0.39, 0.29) is 18.3 Å². The van der Waals surface area contributed by atoms with E-state index in [0.29, 0.717) is 11.7 Å². The van der Waals surface area contributed by atoms with Crippen LogP contribution in [0.4, 0.5) is 5.13 Å². The van der Waals surface area contributed by atoms with Gasteiger partial charge in [-0.3, -0.25) is 4.79 Å². The van der Waals surface area contributed by atoms with Gasteiger partial charge in [-0.25, -0.2) is 4.98 Å². The number of aromatic nitrogens is 1. The van der Waals surface area contributed by atoms with Crippen LogP contribution in [0.25, 0.3) is 0 Å². The predicted molar refractivity (Wildman–Crippen MR) is 65.6 cm³/mol. The first kappa shape index (κ1) is 14.3. The van der Waals surface area contributed by atoms with Crippen LogP contribution in [0, 0.1) is 12.3 Å². The van der Waals surface area contributed by atoms with Crippen molar-refractivity contribution in [2.45, 2.75) is 20.8 Å². The van der Waals surface area contributed by atoms with Crippen molar-refractivity contribution in [3.8, 4) is 0 Å². The number of carbonyl (C=O) groups excluding carboxylic acids is 1. The van der Waals surface area contributed by atoms with Crippen molar-refractivity contribution in [2.75, 3.05) is 11.9 Å². The van der Waals surface area contributed by atoms with Crippen LogP contribution in [0.5, 0.6) is 0 Å². The van der Waals surface area contributed by atoms with Crippen LogP contribution in [0.15, 0.2) is 5.38 Å². The lowest BCUT2D eigenvalue weighted by Gasteiger charge is -2.19. The van der Waals surface area contributed by atoms with E-state index in [1.54, 1.807) is 0 Å². The Morgan fingerprint density at radius 2 is 2.27 bits per heavy atom.